The van der Waals surface area contributed by atoms with E-state index in [9.17, 15) is 22.4 Å². The van der Waals surface area contributed by atoms with Crippen LogP contribution in [0.1, 0.15) is 33.6 Å². The van der Waals surface area contributed by atoms with Crippen LogP contribution in [0.5, 0.6) is 0 Å². The number of benzene rings is 2. The van der Waals surface area contributed by atoms with Gasteiger partial charge in [0, 0.05) is 18.8 Å². The van der Waals surface area contributed by atoms with Gasteiger partial charge in [-0.15, -0.1) is 0 Å². The zero-order chi connectivity index (χ0) is 20.3. The first-order valence-electron chi connectivity index (χ1n) is 8.20. The molecule has 0 aliphatic carbocycles. The van der Waals surface area contributed by atoms with Crippen molar-refractivity contribution in [3.8, 4) is 0 Å². The van der Waals surface area contributed by atoms with E-state index in [0.29, 0.717) is 5.56 Å². The van der Waals surface area contributed by atoms with E-state index in [0.717, 1.165) is 4.68 Å². The molecule has 0 radical (unpaired) electrons. The van der Waals surface area contributed by atoms with E-state index in [2.05, 4.69) is 10.4 Å². The fraction of sp³-hybridized carbons (Fsp3) is 0.100. The zero-order valence-electron chi connectivity index (χ0n) is 14.7. The Morgan fingerprint density at radius 1 is 1.11 bits per heavy atom. The van der Waals surface area contributed by atoms with Crippen molar-refractivity contribution in [2.24, 2.45) is 7.05 Å². The number of hydrogen-bond acceptors (Lipinski definition) is 2. The Kier molecular flexibility index (Phi) is 5.58. The van der Waals surface area contributed by atoms with Crippen LogP contribution in [0.4, 0.5) is 23.2 Å². The normalized spacial score (nSPS) is 11.7. The highest BCUT2D eigenvalue weighted by atomic mass is 19.3. The summed E-state index contributed by atoms with van der Waals surface area (Å²) in [7, 11) is 1.42. The van der Waals surface area contributed by atoms with Gasteiger partial charge in [0.05, 0.1) is 11.3 Å². The molecule has 0 saturated heterocycles. The van der Waals surface area contributed by atoms with Crippen LogP contribution >= 0.6 is 0 Å². The number of carbonyl (C=O) groups is 1. The van der Waals surface area contributed by atoms with Gasteiger partial charge in [0.15, 0.2) is 0 Å². The minimum Gasteiger partial charge on any atom is -0.321 e. The number of aryl methyl sites for hydroxylation is 1. The lowest BCUT2D eigenvalue weighted by Gasteiger charge is -2.10. The van der Waals surface area contributed by atoms with Crippen LogP contribution in [0, 0.1) is 5.82 Å². The Morgan fingerprint density at radius 3 is 2.46 bits per heavy atom. The molecule has 0 aliphatic heterocycles. The van der Waals surface area contributed by atoms with Crippen LogP contribution < -0.4 is 5.32 Å². The van der Waals surface area contributed by atoms with Crippen LogP contribution in [0.25, 0.3) is 11.9 Å². The van der Waals surface area contributed by atoms with Crippen molar-refractivity contribution in [2.75, 3.05) is 5.32 Å². The Bertz CT molecular complexity index is 1030. The second-order valence-corrected chi connectivity index (χ2v) is 5.95. The van der Waals surface area contributed by atoms with Gasteiger partial charge >= 0.3 is 0 Å². The molecule has 1 amide bonds. The lowest BCUT2D eigenvalue weighted by molar-refractivity contribution is 0.101. The van der Waals surface area contributed by atoms with Crippen LogP contribution in [0.15, 0.2) is 54.7 Å². The van der Waals surface area contributed by atoms with E-state index >= 15 is 0 Å². The van der Waals surface area contributed by atoms with E-state index in [1.54, 1.807) is 12.1 Å². The number of amides is 1. The largest absolute Gasteiger partial charge is 0.321 e. The average Bonchev–Trinajstić information content (AvgIpc) is 3.06. The molecule has 8 heteroatoms. The predicted molar refractivity (Wildman–Crippen MR) is 97.9 cm³/mol. The Balaban J connectivity index is 1.90. The molecule has 0 spiro atoms. The summed E-state index contributed by atoms with van der Waals surface area (Å²) in [6.07, 6.45) is -0.573. The molecule has 4 nitrogen and oxygen atoms in total. The third-order valence-electron chi connectivity index (χ3n) is 3.90. The SMILES string of the molecule is Cn1cc(C(=O)Nc2ccccc2C(F)=Cc2ccc(F)cc2)c(C(F)F)n1. The van der Waals surface area contributed by atoms with Gasteiger partial charge in [-0.25, -0.2) is 17.6 Å². The minimum atomic E-state index is -2.92. The summed E-state index contributed by atoms with van der Waals surface area (Å²) in [5.41, 5.74) is -0.364. The molecular weight excluding hydrogens is 374 g/mol. The number of para-hydroxylation sites is 1. The van der Waals surface area contributed by atoms with Crippen LogP contribution in [-0.2, 0) is 7.05 Å². The summed E-state index contributed by atoms with van der Waals surface area (Å²) in [6, 6.07) is 11.2. The van der Waals surface area contributed by atoms with Crippen LogP contribution in [-0.4, -0.2) is 15.7 Å². The standard InChI is InChI=1S/C20H15F4N3O/c1-27-11-15(18(26-27)19(23)24)20(28)25-17-5-3-2-4-14(17)16(22)10-12-6-8-13(21)9-7-12/h2-11,19H,1H3,(H,25,28). The highest BCUT2D eigenvalue weighted by Crippen LogP contribution is 2.28. The Hall–Kier alpha value is -3.42. The van der Waals surface area contributed by atoms with Crippen molar-refractivity contribution in [3.05, 3.63) is 82.9 Å². The average molecular weight is 389 g/mol. The lowest BCUT2D eigenvalue weighted by atomic mass is 10.1. The Labute approximate surface area is 158 Å². The molecule has 28 heavy (non-hydrogen) atoms. The van der Waals surface area contributed by atoms with Crippen molar-refractivity contribution in [1.82, 2.24) is 9.78 Å². The molecule has 2 aromatic carbocycles. The second kappa shape index (κ2) is 8.08. The van der Waals surface area contributed by atoms with Gasteiger partial charge in [-0.1, -0.05) is 24.3 Å². The maximum Gasteiger partial charge on any atom is 0.282 e. The van der Waals surface area contributed by atoms with Crippen LogP contribution in [0.3, 0.4) is 0 Å². The van der Waals surface area contributed by atoms with E-state index in [1.807, 2.05) is 0 Å². The van der Waals surface area contributed by atoms with E-state index in [1.165, 1.54) is 55.7 Å². The summed E-state index contributed by atoms with van der Waals surface area (Å²) in [4.78, 5) is 12.4. The summed E-state index contributed by atoms with van der Waals surface area (Å²) >= 11 is 0. The smallest absolute Gasteiger partial charge is 0.282 e. The number of aromatic nitrogens is 2. The minimum absolute atomic E-state index is 0.0580. The number of nitrogens with one attached hydrogen (secondary N) is 1. The highest BCUT2D eigenvalue weighted by Gasteiger charge is 2.23. The van der Waals surface area contributed by atoms with Gasteiger partial charge in [-0.3, -0.25) is 9.48 Å². The van der Waals surface area contributed by atoms with Gasteiger partial charge in [0.1, 0.15) is 17.3 Å². The molecule has 3 aromatic rings. The van der Waals surface area contributed by atoms with E-state index in [4.69, 9.17) is 0 Å². The predicted octanol–water partition coefficient (Wildman–Crippen LogP) is 5.22. The first kappa shape index (κ1) is 19.3. The molecule has 1 aromatic heterocycles. The highest BCUT2D eigenvalue weighted by molar-refractivity contribution is 6.06. The van der Waals surface area contributed by atoms with Gasteiger partial charge in [0.25, 0.3) is 12.3 Å². The molecule has 1 N–H and O–H groups in total. The first-order valence-corrected chi connectivity index (χ1v) is 8.20. The fourth-order valence-corrected chi connectivity index (χ4v) is 2.61. The van der Waals surface area contributed by atoms with Crippen molar-refractivity contribution in [3.63, 3.8) is 0 Å². The summed E-state index contributed by atoms with van der Waals surface area (Å²) in [6.45, 7) is 0. The summed E-state index contributed by atoms with van der Waals surface area (Å²) < 4.78 is 55.0. The second-order valence-electron chi connectivity index (χ2n) is 5.95. The quantitative estimate of drug-likeness (QED) is 0.481. The van der Waals surface area contributed by atoms with Crippen molar-refractivity contribution < 1.29 is 22.4 Å². The summed E-state index contributed by atoms with van der Waals surface area (Å²) in [5.74, 6) is -1.95. The molecule has 3 rings (SSSR count). The van der Waals surface area contributed by atoms with E-state index < -0.39 is 29.7 Å². The molecule has 1 heterocycles. The Morgan fingerprint density at radius 2 is 1.79 bits per heavy atom. The molecule has 0 bridgehead atoms. The monoisotopic (exact) mass is 389 g/mol. The van der Waals surface area contributed by atoms with Crippen LogP contribution in [0.2, 0.25) is 0 Å². The first-order chi connectivity index (χ1) is 13.3. The molecule has 0 unspecified atom stereocenters. The van der Waals surface area contributed by atoms with Gasteiger partial charge in [-0.2, -0.15) is 5.10 Å². The molecule has 0 fully saturated rings. The van der Waals surface area contributed by atoms with E-state index in [-0.39, 0.29) is 16.8 Å². The van der Waals surface area contributed by atoms with Gasteiger partial charge < -0.3 is 5.32 Å². The van der Waals surface area contributed by atoms with Crippen molar-refractivity contribution >= 4 is 23.5 Å². The number of hydrogen-bond donors (Lipinski definition) is 1. The number of halogens is 4. The number of anilines is 1. The number of carbonyl (C=O) groups excluding carboxylic acids is 1. The molecule has 144 valence electrons. The molecule has 0 aliphatic rings. The molecular formula is C20H15F4N3O. The maximum atomic E-state index is 14.7. The third-order valence-corrected chi connectivity index (χ3v) is 3.90. The topological polar surface area (TPSA) is 46.9 Å². The number of rotatable bonds is 5. The summed E-state index contributed by atoms with van der Waals surface area (Å²) in [5, 5.41) is 6.03. The fourth-order valence-electron chi connectivity index (χ4n) is 2.61. The van der Waals surface area contributed by atoms with Crippen molar-refractivity contribution in [1.29, 1.82) is 0 Å². The third kappa shape index (κ3) is 4.28. The molecule has 0 atom stereocenters. The molecule has 0 saturated carbocycles. The number of nitrogens with zero attached hydrogens (tertiary/aromatic N) is 2. The lowest BCUT2D eigenvalue weighted by Crippen LogP contribution is -2.14. The maximum absolute atomic E-state index is 14.7. The van der Waals surface area contributed by atoms with Gasteiger partial charge in [0.2, 0.25) is 0 Å². The van der Waals surface area contributed by atoms with Crippen molar-refractivity contribution in [2.45, 2.75) is 6.43 Å². The van der Waals surface area contributed by atoms with Gasteiger partial charge in [-0.05, 0) is 35.9 Å². The number of alkyl halides is 2. The zero-order valence-corrected chi connectivity index (χ0v) is 14.7.